The Morgan fingerprint density at radius 3 is 2.67 bits per heavy atom. The van der Waals surface area contributed by atoms with E-state index >= 15 is 0 Å². The minimum Gasteiger partial charge on any atom is -0.332 e. The van der Waals surface area contributed by atoms with Gasteiger partial charge in [0.2, 0.25) is 5.91 Å². The van der Waals surface area contributed by atoms with Crippen LogP contribution in [-0.2, 0) is 16.6 Å². The van der Waals surface area contributed by atoms with Crippen LogP contribution in [0.3, 0.4) is 0 Å². The quantitative estimate of drug-likeness (QED) is 0.697. The Morgan fingerprint density at radius 2 is 1.97 bits per heavy atom. The van der Waals surface area contributed by atoms with Crippen molar-refractivity contribution in [1.82, 2.24) is 15.1 Å². The Morgan fingerprint density at radius 1 is 1.20 bits per heavy atom. The molecule has 2 N–H and O–H groups in total. The predicted molar refractivity (Wildman–Crippen MR) is 112 cm³/mol. The van der Waals surface area contributed by atoms with Gasteiger partial charge in [-0.3, -0.25) is 14.3 Å². The van der Waals surface area contributed by atoms with Crippen molar-refractivity contribution in [3.8, 4) is 11.3 Å². The number of amides is 2. The summed E-state index contributed by atoms with van der Waals surface area (Å²) < 4.78 is 15.1. The maximum absolute atomic E-state index is 13.3. The van der Waals surface area contributed by atoms with Crippen molar-refractivity contribution in [3.05, 3.63) is 83.4 Å². The molecule has 0 bridgehead atoms. The highest BCUT2D eigenvalue weighted by Gasteiger charge is 2.29. The Bertz CT molecular complexity index is 1150. The molecule has 1 atom stereocenters. The molecule has 152 valence electrons. The Labute approximate surface area is 173 Å². The molecular weight excluding hydrogens is 383 g/mol. The molecule has 6 nitrogen and oxygen atoms in total. The largest absolute Gasteiger partial charge is 0.332 e. The summed E-state index contributed by atoms with van der Waals surface area (Å²) in [6.45, 7) is 1.93. The van der Waals surface area contributed by atoms with Crippen LogP contribution in [0.25, 0.3) is 11.3 Å². The lowest BCUT2D eigenvalue weighted by Gasteiger charge is -2.24. The van der Waals surface area contributed by atoms with Crippen LogP contribution in [0, 0.1) is 12.7 Å². The number of halogens is 1. The molecule has 7 heteroatoms. The van der Waals surface area contributed by atoms with Crippen LogP contribution in [0.15, 0.2) is 66.4 Å². The third kappa shape index (κ3) is 4.00. The molecule has 0 saturated carbocycles. The summed E-state index contributed by atoms with van der Waals surface area (Å²) in [5, 5.41) is 9.88. The number of nitrogens with zero attached hydrogens (tertiary/aromatic N) is 2. The van der Waals surface area contributed by atoms with Crippen LogP contribution in [0.4, 0.5) is 10.1 Å². The van der Waals surface area contributed by atoms with Crippen molar-refractivity contribution in [2.45, 2.75) is 19.3 Å². The van der Waals surface area contributed by atoms with Gasteiger partial charge in [0.05, 0.1) is 11.4 Å². The van der Waals surface area contributed by atoms with Crippen molar-refractivity contribution < 1.29 is 14.0 Å². The summed E-state index contributed by atoms with van der Waals surface area (Å²) in [7, 11) is 1.87. The SMILES string of the molecule is Cc1cc(-c2cccc(NC(=O)C3=CNC(=O)C[C@H]3c3ccc(F)cc3)c2)n(C)n1. The van der Waals surface area contributed by atoms with Gasteiger partial charge in [0.25, 0.3) is 5.91 Å². The summed E-state index contributed by atoms with van der Waals surface area (Å²) >= 11 is 0. The van der Waals surface area contributed by atoms with Gasteiger partial charge in [0.15, 0.2) is 0 Å². The van der Waals surface area contributed by atoms with Gasteiger partial charge >= 0.3 is 0 Å². The zero-order valence-corrected chi connectivity index (χ0v) is 16.6. The number of rotatable bonds is 4. The third-order valence-corrected chi connectivity index (χ3v) is 5.11. The zero-order chi connectivity index (χ0) is 21.3. The molecule has 3 aromatic rings. The van der Waals surface area contributed by atoms with Gasteiger partial charge in [-0.15, -0.1) is 0 Å². The van der Waals surface area contributed by atoms with Crippen LogP contribution >= 0.6 is 0 Å². The van der Waals surface area contributed by atoms with Gasteiger partial charge in [-0.05, 0) is 42.8 Å². The second-order valence-electron chi connectivity index (χ2n) is 7.30. The van der Waals surface area contributed by atoms with Gasteiger partial charge in [0, 0.05) is 42.4 Å². The second-order valence-corrected chi connectivity index (χ2v) is 7.30. The lowest BCUT2D eigenvalue weighted by molar-refractivity contribution is -0.121. The average molecular weight is 404 g/mol. The molecular formula is C23H21FN4O2. The molecule has 4 rings (SSSR count). The molecule has 0 fully saturated rings. The fourth-order valence-corrected chi connectivity index (χ4v) is 3.67. The maximum atomic E-state index is 13.3. The van der Waals surface area contributed by atoms with E-state index in [4.69, 9.17) is 0 Å². The number of aromatic nitrogens is 2. The Hall–Kier alpha value is -3.74. The van der Waals surface area contributed by atoms with Crippen LogP contribution in [0.1, 0.15) is 23.6 Å². The van der Waals surface area contributed by atoms with E-state index in [-0.39, 0.29) is 24.1 Å². The lowest BCUT2D eigenvalue weighted by atomic mass is 9.86. The van der Waals surface area contributed by atoms with E-state index < -0.39 is 5.92 Å². The van der Waals surface area contributed by atoms with Gasteiger partial charge in [0.1, 0.15) is 5.82 Å². The van der Waals surface area contributed by atoms with E-state index in [1.807, 2.05) is 38.2 Å². The summed E-state index contributed by atoms with van der Waals surface area (Å²) in [6.07, 6.45) is 1.56. The lowest BCUT2D eigenvalue weighted by Crippen LogP contribution is -2.31. The number of nitrogens with one attached hydrogen (secondary N) is 2. The second kappa shape index (κ2) is 7.94. The fourth-order valence-electron chi connectivity index (χ4n) is 3.67. The number of hydrogen-bond acceptors (Lipinski definition) is 3. The molecule has 0 radical (unpaired) electrons. The van der Waals surface area contributed by atoms with Crippen LogP contribution in [0.5, 0.6) is 0 Å². The average Bonchev–Trinajstić information content (AvgIpc) is 3.06. The topological polar surface area (TPSA) is 76.0 Å². The van der Waals surface area contributed by atoms with E-state index in [1.54, 1.807) is 22.9 Å². The highest BCUT2D eigenvalue weighted by Crippen LogP contribution is 2.31. The summed E-state index contributed by atoms with van der Waals surface area (Å²) in [6, 6.07) is 15.3. The predicted octanol–water partition coefficient (Wildman–Crippen LogP) is 3.66. The van der Waals surface area contributed by atoms with Crippen molar-refractivity contribution >= 4 is 17.5 Å². The molecule has 0 aliphatic carbocycles. The minimum atomic E-state index is -0.442. The molecule has 1 aliphatic heterocycles. The molecule has 1 aliphatic rings. The monoisotopic (exact) mass is 404 g/mol. The molecule has 0 saturated heterocycles. The smallest absolute Gasteiger partial charge is 0.253 e. The fraction of sp³-hybridized carbons (Fsp3) is 0.174. The summed E-state index contributed by atoms with van der Waals surface area (Å²) in [5.41, 5.74) is 4.54. The first-order valence-electron chi connectivity index (χ1n) is 9.58. The zero-order valence-electron chi connectivity index (χ0n) is 16.6. The third-order valence-electron chi connectivity index (χ3n) is 5.11. The molecule has 2 heterocycles. The van der Waals surface area contributed by atoms with Gasteiger partial charge in [-0.2, -0.15) is 5.10 Å². The number of carbonyl (C=O) groups is 2. The van der Waals surface area contributed by atoms with E-state index in [1.165, 1.54) is 18.3 Å². The highest BCUT2D eigenvalue weighted by atomic mass is 19.1. The van der Waals surface area contributed by atoms with E-state index in [0.29, 0.717) is 16.8 Å². The maximum Gasteiger partial charge on any atom is 0.253 e. The first-order chi connectivity index (χ1) is 14.4. The first kappa shape index (κ1) is 19.6. The van der Waals surface area contributed by atoms with Crippen LogP contribution < -0.4 is 10.6 Å². The first-order valence-corrected chi connectivity index (χ1v) is 9.58. The van der Waals surface area contributed by atoms with Crippen molar-refractivity contribution in [1.29, 1.82) is 0 Å². The molecule has 0 spiro atoms. The van der Waals surface area contributed by atoms with E-state index in [9.17, 15) is 14.0 Å². The van der Waals surface area contributed by atoms with Crippen molar-refractivity contribution in [3.63, 3.8) is 0 Å². The van der Waals surface area contributed by atoms with Gasteiger partial charge < -0.3 is 10.6 Å². The summed E-state index contributed by atoms with van der Waals surface area (Å²) in [5.74, 6) is -1.31. The number of carbonyl (C=O) groups excluding carboxylic acids is 2. The number of aryl methyl sites for hydroxylation is 2. The minimum absolute atomic E-state index is 0.124. The number of anilines is 1. The number of hydrogen-bond donors (Lipinski definition) is 2. The number of benzene rings is 2. The van der Waals surface area contributed by atoms with Crippen LogP contribution in [0.2, 0.25) is 0 Å². The molecule has 2 amide bonds. The van der Waals surface area contributed by atoms with Crippen LogP contribution in [-0.4, -0.2) is 21.6 Å². The normalized spacial score (nSPS) is 16.0. The molecule has 0 unspecified atom stereocenters. The molecule has 30 heavy (non-hydrogen) atoms. The Kier molecular flexibility index (Phi) is 5.18. The van der Waals surface area contributed by atoms with Gasteiger partial charge in [-0.1, -0.05) is 24.3 Å². The van der Waals surface area contributed by atoms with E-state index in [2.05, 4.69) is 15.7 Å². The Balaban J connectivity index is 1.59. The molecule has 2 aromatic carbocycles. The molecule has 1 aromatic heterocycles. The van der Waals surface area contributed by atoms with Gasteiger partial charge in [-0.25, -0.2) is 4.39 Å². The summed E-state index contributed by atoms with van der Waals surface area (Å²) in [4.78, 5) is 24.9. The van der Waals surface area contributed by atoms with E-state index in [0.717, 1.165) is 17.0 Å². The van der Waals surface area contributed by atoms with Crippen molar-refractivity contribution in [2.24, 2.45) is 7.05 Å². The van der Waals surface area contributed by atoms with Crippen molar-refractivity contribution in [2.75, 3.05) is 5.32 Å². The highest BCUT2D eigenvalue weighted by molar-refractivity contribution is 6.06. The standard InChI is InChI=1S/C23H21FN4O2/c1-14-10-21(28(2)27-14)16-4-3-5-18(11-16)26-23(30)20-13-25-22(29)12-19(20)15-6-8-17(24)9-7-15/h3-11,13,19H,12H2,1-2H3,(H,25,29)(H,26,30)/t19-/m0/s1.